The van der Waals surface area contributed by atoms with E-state index in [4.69, 9.17) is 4.74 Å². The van der Waals surface area contributed by atoms with Gasteiger partial charge in [-0.3, -0.25) is 10.1 Å². The maximum absolute atomic E-state index is 11.3. The Kier molecular flexibility index (Phi) is 5.10. The molecule has 6 rings (SSSR count). The second-order valence-electron chi connectivity index (χ2n) is 10.2. The lowest BCUT2D eigenvalue weighted by atomic mass is 9.74. The molecule has 4 aromatic rings. The summed E-state index contributed by atoms with van der Waals surface area (Å²) < 4.78 is 6.84. The smallest absolute Gasteiger partial charge is 0.270 e. The molecule has 0 N–H and O–H groups in total. The summed E-state index contributed by atoms with van der Waals surface area (Å²) in [6.07, 6.45) is 3.99. The molecule has 5 nitrogen and oxygen atoms in total. The van der Waals surface area contributed by atoms with Gasteiger partial charge in [-0.15, -0.1) is 0 Å². The number of aryl methyl sites for hydroxylation is 1. The van der Waals surface area contributed by atoms with Gasteiger partial charge >= 0.3 is 0 Å². The molecule has 0 aliphatic carbocycles. The number of nitrogens with zero attached hydrogens (tertiary/aromatic N) is 2. The van der Waals surface area contributed by atoms with E-state index in [-0.39, 0.29) is 10.6 Å². The lowest BCUT2D eigenvalue weighted by molar-refractivity contribution is -0.384. The minimum absolute atomic E-state index is 0.0451. The third-order valence-electron chi connectivity index (χ3n) is 7.60. The highest BCUT2D eigenvalue weighted by atomic mass is 16.6. The van der Waals surface area contributed by atoms with Gasteiger partial charge in [0.15, 0.2) is 0 Å². The van der Waals surface area contributed by atoms with Crippen LogP contribution in [-0.4, -0.2) is 17.2 Å². The van der Waals surface area contributed by atoms with Crippen LogP contribution in [-0.2, 0) is 5.41 Å². The average Bonchev–Trinajstić information content (AvgIpc) is 3.08. The molecule has 182 valence electrons. The van der Waals surface area contributed by atoms with Crippen molar-refractivity contribution in [2.24, 2.45) is 0 Å². The van der Waals surface area contributed by atoms with E-state index < -0.39 is 11.1 Å². The minimum Gasteiger partial charge on any atom is -0.463 e. The topological polar surface area (TPSA) is 55.6 Å². The van der Waals surface area contributed by atoms with Gasteiger partial charge in [0.1, 0.15) is 5.75 Å². The van der Waals surface area contributed by atoms with E-state index in [2.05, 4.69) is 86.0 Å². The molecule has 0 fully saturated rings. The van der Waals surface area contributed by atoms with Crippen molar-refractivity contribution in [1.29, 1.82) is 0 Å². The van der Waals surface area contributed by atoms with Gasteiger partial charge in [0, 0.05) is 28.9 Å². The average molecular weight is 487 g/mol. The maximum atomic E-state index is 11.3. The summed E-state index contributed by atoms with van der Waals surface area (Å²) in [7, 11) is 0. The Morgan fingerprint density at radius 1 is 1.00 bits per heavy atom. The third kappa shape index (κ3) is 3.48. The molecular formula is C32H26N2O3. The standard InChI is InChI=1S/C32H26N2O3/c1-22-10-12-23(13-11-22)7-6-20-33-28-16-14-24-8-4-5-9-27(24)30(28)31(2,3)32(33)19-18-25-21-26(34(35)36)15-17-29(25)37-32/h4-5,8-19,21H,20H2,1-3H3. The van der Waals surface area contributed by atoms with Gasteiger partial charge in [0.2, 0.25) is 5.72 Å². The predicted molar refractivity (Wildman–Crippen MR) is 148 cm³/mol. The highest BCUT2D eigenvalue weighted by Crippen LogP contribution is 2.56. The van der Waals surface area contributed by atoms with Crippen LogP contribution < -0.4 is 9.64 Å². The van der Waals surface area contributed by atoms with Crippen LogP contribution in [0.4, 0.5) is 11.4 Å². The summed E-state index contributed by atoms with van der Waals surface area (Å²) in [6, 6.07) is 25.7. The van der Waals surface area contributed by atoms with E-state index in [1.54, 1.807) is 12.1 Å². The van der Waals surface area contributed by atoms with Gasteiger partial charge in [-0.25, -0.2) is 0 Å². The summed E-state index contributed by atoms with van der Waals surface area (Å²) >= 11 is 0. The van der Waals surface area contributed by atoms with Gasteiger partial charge in [-0.05, 0) is 73.5 Å². The van der Waals surface area contributed by atoms with Crippen molar-refractivity contribution in [3.8, 4) is 17.6 Å². The van der Waals surface area contributed by atoms with E-state index in [0.717, 1.165) is 11.3 Å². The van der Waals surface area contributed by atoms with Crippen LogP contribution in [0.25, 0.3) is 16.8 Å². The zero-order valence-electron chi connectivity index (χ0n) is 21.0. The van der Waals surface area contributed by atoms with Crippen LogP contribution in [0, 0.1) is 28.9 Å². The van der Waals surface area contributed by atoms with E-state index in [1.807, 2.05) is 24.3 Å². The van der Waals surface area contributed by atoms with Crippen LogP contribution in [0.5, 0.6) is 5.75 Å². The first-order valence-electron chi connectivity index (χ1n) is 12.3. The number of rotatable bonds is 2. The number of ether oxygens (including phenoxy) is 1. The Bertz CT molecular complexity index is 1660. The molecular weight excluding hydrogens is 460 g/mol. The fourth-order valence-electron chi connectivity index (χ4n) is 5.66. The monoisotopic (exact) mass is 486 g/mol. The Hall–Kier alpha value is -4.56. The van der Waals surface area contributed by atoms with E-state index in [9.17, 15) is 10.1 Å². The Morgan fingerprint density at radius 2 is 1.78 bits per heavy atom. The molecule has 2 heterocycles. The van der Waals surface area contributed by atoms with E-state index in [1.165, 1.54) is 28.0 Å². The summed E-state index contributed by atoms with van der Waals surface area (Å²) in [6.45, 7) is 6.92. The van der Waals surface area contributed by atoms with Gasteiger partial charge in [0.25, 0.3) is 5.69 Å². The zero-order chi connectivity index (χ0) is 25.8. The number of nitro groups is 1. The van der Waals surface area contributed by atoms with E-state index >= 15 is 0 Å². The summed E-state index contributed by atoms with van der Waals surface area (Å²) in [4.78, 5) is 13.2. The number of non-ortho nitro benzene ring substituents is 1. The number of nitro benzene ring substituents is 1. The maximum Gasteiger partial charge on any atom is 0.270 e. The van der Waals surface area contributed by atoms with Crippen LogP contribution in [0.15, 0.2) is 84.9 Å². The minimum atomic E-state index is -0.857. The van der Waals surface area contributed by atoms with Crippen LogP contribution in [0.3, 0.4) is 0 Å². The van der Waals surface area contributed by atoms with Gasteiger partial charge in [-0.2, -0.15) is 0 Å². The summed E-state index contributed by atoms with van der Waals surface area (Å²) in [5.74, 6) is 7.31. The van der Waals surface area contributed by atoms with Gasteiger partial charge in [-0.1, -0.05) is 59.9 Å². The molecule has 1 atom stereocenters. The summed E-state index contributed by atoms with van der Waals surface area (Å²) in [5, 5.41) is 13.7. The van der Waals surface area contributed by atoms with Crippen molar-refractivity contribution in [1.82, 2.24) is 0 Å². The fraction of sp³-hybridized carbons (Fsp3) is 0.188. The second kappa shape index (κ2) is 8.25. The van der Waals surface area contributed by atoms with Crippen LogP contribution >= 0.6 is 0 Å². The molecule has 1 unspecified atom stereocenters. The number of anilines is 1. The molecule has 4 aromatic carbocycles. The molecule has 0 radical (unpaired) electrons. The molecule has 0 amide bonds. The molecule has 5 heteroatoms. The first-order valence-corrected chi connectivity index (χ1v) is 12.3. The largest absolute Gasteiger partial charge is 0.463 e. The number of hydrogen-bond acceptors (Lipinski definition) is 4. The number of hydrogen-bond donors (Lipinski definition) is 0. The fourth-order valence-corrected chi connectivity index (χ4v) is 5.66. The number of fused-ring (bicyclic) bond motifs is 4. The van der Waals surface area contributed by atoms with Crippen molar-refractivity contribution in [3.63, 3.8) is 0 Å². The lowest BCUT2D eigenvalue weighted by Crippen LogP contribution is -2.59. The highest BCUT2D eigenvalue weighted by molar-refractivity contribution is 5.94. The molecule has 0 bridgehead atoms. The Labute approximate surface area is 216 Å². The molecule has 0 saturated heterocycles. The Balaban J connectivity index is 1.50. The third-order valence-corrected chi connectivity index (χ3v) is 7.60. The van der Waals surface area contributed by atoms with Crippen molar-refractivity contribution in [2.45, 2.75) is 31.9 Å². The molecule has 37 heavy (non-hydrogen) atoms. The van der Waals surface area contributed by atoms with Gasteiger partial charge in [0.05, 0.1) is 16.9 Å². The summed E-state index contributed by atoms with van der Waals surface area (Å²) in [5.41, 5.74) is 3.89. The highest BCUT2D eigenvalue weighted by Gasteiger charge is 2.59. The normalized spacial score (nSPS) is 18.6. The first-order chi connectivity index (χ1) is 17.8. The molecule has 0 saturated carbocycles. The van der Waals surface area contributed by atoms with Crippen LogP contribution in [0.1, 0.15) is 36.1 Å². The molecule has 0 aromatic heterocycles. The van der Waals surface area contributed by atoms with Crippen molar-refractivity contribution >= 4 is 28.2 Å². The SMILES string of the molecule is Cc1ccc(C#CCN2c3ccc4ccccc4c3C(C)(C)C23C=Cc2cc([N+](=O)[O-])ccc2O3)cc1. The quantitative estimate of drug-likeness (QED) is 0.174. The van der Waals surface area contributed by atoms with Crippen LogP contribution in [0.2, 0.25) is 0 Å². The first kappa shape index (κ1) is 22.9. The van der Waals surface area contributed by atoms with E-state index in [0.29, 0.717) is 17.9 Å². The zero-order valence-corrected chi connectivity index (χ0v) is 21.0. The lowest BCUT2D eigenvalue weighted by Gasteiger charge is -2.46. The van der Waals surface area contributed by atoms with Gasteiger partial charge < -0.3 is 9.64 Å². The van der Waals surface area contributed by atoms with Crippen molar-refractivity contribution < 1.29 is 9.66 Å². The molecule has 1 spiro atoms. The number of benzene rings is 4. The predicted octanol–water partition coefficient (Wildman–Crippen LogP) is 7.01. The van der Waals surface area contributed by atoms with Crippen molar-refractivity contribution in [2.75, 3.05) is 11.4 Å². The molecule has 2 aliphatic heterocycles. The molecule has 2 aliphatic rings. The second-order valence-corrected chi connectivity index (χ2v) is 10.2. The Morgan fingerprint density at radius 3 is 2.57 bits per heavy atom. The van der Waals surface area contributed by atoms with Crippen molar-refractivity contribution in [3.05, 3.63) is 117 Å².